The van der Waals surface area contributed by atoms with E-state index in [1.807, 2.05) is 24.3 Å². The molecule has 1 aromatic carbocycles. The molecule has 4 rings (SSSR count). The van der Waals surface area contributed by atoms with E-state index in [0.717, 1.165) is 11.3 Å². The smallest absolute Gasteiger partial charge is 0.257 e. The van der Waals surface area contributed by atoms with Gasteiger partial charge in [-0.15, -0.1) is 0 Å². The molecule has 2 N–H and O–H groups in total. The van der Waals surface area contributed by atoms with E-state index in [4.69, 9.17) is 16.0 Å². The fraction of sp³-hybridized carbons (Fsp3) is 0.167. The fourth-order valence-corrected chi connectivity index (χ4v) is 2.93. The van der Waals surface area contributed by atoms with Crippen molar-refractivity contribution in [2.75, 3.05) is 5.32 Å². The number of rotatable bonds is 3. The predicted octanol–water partition coefficient (Wildman–Crippen LogP) is 2.92. The van der Waals surface area contributed by atoms with Gasteiger partial charge in [0.2, 0.25) is 5.95 Å². The molecule has 0 radical (unpaired) electrons. The summed E-state index contributed by atoms with van der Waals surface area (Å²) in [5.41, 5.74) is 1.35. The van der Waals surface area contributed by atoms with E-state index in [0.29, 0.717) is 29.2 Å². The van der Waals surface area contributed by atoms with Crippen LogP contribution in [0, 0.1) is 6.92 Å². The third-order valence-electron chi connectivity index (χ3n) is 4.00. The topological polar surface area (TPSA) is 84.5 Å². The number of anilines is 1. The van der Waals surface area contributed by atoms with Crippen molar-refractivity contribution in [3.8, 4) is 0 Å². The predicted molar refractivity (Wildman–Crippen MR) is 99.4 cm³/mol. The Hall–Kier alpha value is -3.06. The van der Waals surface area contributed by atoms with Gasteiger partial charge in [0.1, 0.15) is 18.5 Å². The molecular formula is C18H16ClN5O2. The lowest BCUT2D eigenvalue weighted by atomic mass is 10.1. The molecule has 1 aliphatic rings. The van der Waals surface area contributed by atoms with Gasteiger partial charge in [0, 0.05) is 16.8 Å². The van der Waals surface area contributed by atoms with Crippen molar-refractivity contribution < 1.29 is 4.42 Å². The zero-order valence-electron chi connectivity index (χ0n) is 13.9. The van der Waals surface area contributed by atoms with Crippen LogP contribution in [0.2, 0.25) is 5.02 Å². The number of halogens is 1. The second kappa shape index (κ2) is 6.68. The van der Waals surface area contributed by atoms with Crippen LogP contribution < -0.4 is 16.2 Å². The van der Waals surface area contributed by atoms with Gasteiger partial charge < -0.3 is 9.73 Å². The lowest BCUT2D eigenvalue weighted by molar-refractivity contribution is 0.502. The summed E-state index contributed by atoms with van der Waals surface area (Å²) in [7, 11) is 0. The number of fused-ring (bicyclic) bond motifs is 1. The molecule has 1 atom stereocenters. The SMILES string of the molecule is Cc1cc(=O)n2c(n1)NC(=NCc1ccco1)N[C@H]2c1ccc(Cl)cc1. The van der Waals surface area contributed by atoms with Gasteiger partial charge in [-0.2, -0.15) is 0 Å². The maximum atomic E-state index is 12.5. The van der Waals surface area contributed by atoms with Crippen molar-refractivity contribution >= 4 is 23.5 Å². The first-order valence-corrected chi connectivity index (χ1v) is 8.44. The van der Waals surface area contributed by atoms with Crippen LogP contribution in [-0.2, 0) is 6.54 Å². The number of guanidine groups is 1. The third-order valence-corrected chi connectivity index (χ3v) is 4.25. The Bertz CT molecular complexity index is 1010. The first kappa shape index (κ1) is 16.4. The Labute approximate surface area is 154 Å². The van der Waals surface area contributed by atoms with Crippen molar-refractivity contribution in [3.05, 3.63) is 81.1 Å². The zero-order valence-corrected chi connectivity index (χ0v) is 14.7. The molecule has 0 unspecified atom stereocenters. The maximum absolute atomic E-state index is 12.5. The molecule has 0 amide bonds. The van der Waals surface area contributed by atoms with Gasteiger partial charge in [0.25, 0.3) is 5.56 Å². The van der Waals surface area contributed by atoms with E-state index in [-0.39, 0.29) is 5.56 Å². The minimum Gasteiger partial charge on any atom is -0.467 e. The van der Waals surface area contributed by atoms with Crippen LogP contribution in [-0.4, -0.2) is 15.5 Å². The Kier molecular flexibility index (Phi) is 4.22. The highest BCUT2D eigenvalue weighted by Gasteiger charge is 2.26. The molecule has 8 heteroatoms. The first-order chi connectivity index (χ1) is 12.6. The summed E-state index contributed by atoms with van der Waals surface area (Å²) in [4.78, 5) is 21.5. The van der Waals surface area contributed by atoms with Crippen molar-refractivity contribution in [2.24, 2.45) is 4.99 Å². The van der Waals surface area contributed by atoms with Crippen LogP contribution in [0.4, 0.5) is 5.95 Å². The van der Waals surface area contributed by atoms with E-state index >= 15 is 0 Å². The molecule has 3 heterocycles. The maximum Gasteiger partial charge on any atom is 0.257 e. The van der Waals surface area contributed by atoms with Crippen LogP contribution in [0.1, 0.15) is 23.2 Å². The van der Waals surface area contributed by atoms with E-state index in [2.05, 4.69) is 20.6 Å². The average Bonchev–Trinajstić information content (AvgIpc) is 3.13. The Morgan fingerprint density at radius 3 is 2.85 bits per heavy atom. The lowest BCUT2D eigenvalue weighted by Gasteiger charge is -2.31. The molecule has 0 spiro atoms. The van der Waals surface area contributed by atoms with Gasteiger partial charge in [-0.05, 0) is 36.8 Å². The molecule has 7 nitrogen and oxygen atoms in total. The number of nitrogens with zero attached hydrogens (tertiary/aromatic N) is 3. The summed E-state index contributed by atoms with van der Waals surface area (Å²) < 4.78 is 6.87. The minimum absolute atomic E-state index is 0.155. The largest absolute Gasteiger partial charge is 0.467 e. The summed E-state index contributed by atoms with van der Waals surface area (Å²) in [6.45, 7) is 2.15. The number of hydrogen-bond acceptors (Lipinski definition) is 4. The van der Waals surface area contributed by atoms with Crippen LogP contribution in [0.15, 0.2) is 62.9 Å². The van der Waals surface area contributed by atoms with Crippen LogP contribution in [0.5, 0.6) is 0 Å². The highest BCUT2D eigenvalue weighted by molar-refractivity contribution is 6.30. The van der Waals surface area contributed by atoms with Gasteiger partial charge in [0.05, 0.1) is 6.26 Å². The van der Waals surface area contributed by atoms with Gasteiger partial charge in [0.15, 0.2) is 5.96 Å². The first-order valence-electron chi connectivity index (χ1n) is 8.06. The molecule has 0 aliphatic carbocycles. The van der Waals surface area contributed by atoms with Gasteiger partial charge in [-0.1, -0.05) is 23.7 Å². The second-order valence-electron chi connectivity index (χ2n) is 5.90. The molecule has 0 saturated heterocycles. The zero-order chi connectivity index (χ0) is 18.1. The standard InChI is InChI=1S/C18H16ClN5O2/c1-11-9-15(25)24-16(12-4-6-13(19)7-5-12)22-17(23-18(24)21-11)20-10-14-3-2-8-26-14/h2-9,16H,10H2,1H3,(H2,20,21,22,23)/t16-/m1/s1. The van der Waals surface area contributed by atoms with Gasteiger partial charge in [-0.25, -0.2) is 9.98 Å². The van der Waals surface area contributed by atoms with Gasteiger partial charge in [-0.3, -0.25) is 14.7 Å². The Morgan fingerprint density at radius 2 is 2.12 bits per heavy atom. The average molecular weight is 370 g/mol. The molecule has 0 saturated carbocycles. The molecule has 2 aromatic heterocycles. The lowest BCUT2D eigenvalue weighted by Crippen LogP contribution is -2.48. The molecule has 3 aromatic rings. The van der Waals surface area contributed by atoms with Crippen LogP contribution >= 0.6 is 11.6 Å². The number of hydrogen-bond donors (Lipinski definition) is 2. The second-order valence-corrected chi connectivity index (χ2v) is 6.33. The summed E-state index contributed by atoms with van der Waals surface area (Å²) in [6.07, 6.45) is 1.16. The summed E-state index contributed by atoms with van der Waals surface area (Å²) in [5, 5.41) is 6.95. The number of aryl methyl sites for hydroxylation is 1. The number of aliphatic imine (C=N–C) groups is 1. The minimum atomic E-state index is -0.445. The third kappa shape index (κ3) is 3.21. The van der Waals surface area contributed by atoms with Crippen molar-refractivity contribution in [1.82, 2.24) is 14.9 Å². The molecule has 132 valence electrons. The van der Waals surface area contributed by atoms with Gasteiger partial charge >= 0.3 is 0 Å². The van der Waals surface area contributed by atoms with Crippen LogP contribution in [0.25, 0.3) is 0 Å². The Morgan fingerprint density at radius 1 is 1.31 bits per heavy atom. The molecule has 0 bridgehead atoms. The molecule has 26 heavy (non-hydrogen) atoms. The van der Waals surface area contributed by atoms with Crippen LogP contribution in [0.3, 0.4) is 0 Å². The monoisotopic (exact) mass is 369 g/mol. The fourth-order valence-electron chi connectivity index (χ4n) is 2.80. The number of nitrogens with one attached hydrogen (secondary N) is 2. The highest BCUT2D eigenvalue weighted by Crippen LogP contribution is 2.23. The van der Waals surface area contributed by atoms with E-state index in [9.17, 15) is 4.79 Å². The number of furan rings is 1. The quantitative estimate of drug-likeness (QED) is 0.741. The van der Waals surface area contributed by atoms with Crippen molar-refractivity contribution in [2.45, 2.75) is 19.6 Å². The highest BCUT2D eigenvalue weighted by atomic mass is 35.5. The summed E-state index contributed by atoms with van der Waals surface area (Å²) in [6, 6.07) is 12.5. The summed E-state index contributed by atoms with van der Waals surface area (Å²) in [5.74, 6) is 1.69. The van der Waals surface area contributed by atoms with E-state index < -0.39 is 6.17 Å². The van der Waals surface area contributed by atoms with Crippen molar-refractivity contribution in [3.63, 3.8) is 0 Å². The normalized spacial score (nSPS) is 17.5. The Balaban J connectivity index is 1.75. The summed E-state index contributed by atoms with van der Waals surface area (Å²) >= 11 is 5.99. The molecule has 1 aliphatic heterocycles. The van der Waals surface area contributed by atoms with E-state index in [1.165, 1.54) is 6.07 Å². The van der Waals surface area contributed by atoms with Crippen molar-refractivity contribution in [1.29, 1.82) is 0 Å². The molecule has 0 fully saturated rings. The molecular weight excluding hydrogens is 354 g/mol. The number of benzene rings is 1. The number of aromatic nitrogens is 2. The van der Waals surface area contributed by atoms with E-state index in [1.54, 1.807) is 29.9 Å².